The first-order valence-electron chi connectivity index (χ1n) is 6.47. The third kappa shape index (κ3) is 3.27. The fourth-order valence-electron chi connectivity index (χ4n) is 2.14. The summed E-state index contributed by atoms with van der Waals surface area (Å²) in [6.45, 7) is 6.73. The maximum Gasteiger partial charge on any atom is 0.149 e. The predicted molar refractivity (Wildman–Crippen MR) is 74.4 cm³/mol. The summed E-state index contributed by atoms with van der Waals surface area (Å²) in [7, 11) is 0. The zero-order valence-electron chi connectivity index (χ0n) is 11.4. The van der Waals surface area contributed by atoms with E-state index in [2.05, 4.69) is 44.7 Å². The van der Waals surface area contributed by atoms with E-state index in [0.717, 1.165) is 18.6 Å². The molecule has 1 aromatic carbocycles. The van der Waals surface area contributed by atoms with E-state index in [-0.39, 0.29) is 11.5 Å². The van der Waals surface area contributed by atoms with Crippen molar-refractivity contribution in [1.29, 1.82) is 0 Å². The number of aryl methyl sites for hydroxylation is 1. The van der Waals surface area contributed by atoms with Crippen molar-refractivity contribution < 1.29 is 4.74 Å². The summed E-state index contributed by atoms with van der Waals surface area (Å²) in [5, 5.41) is 0. The van der Waals surface area contributed by atoms with Gasteiger partial charge >= 0.3 is 0 Å². The third-order valence-corrected chi connectivity index (χ3v) is 3.01. The van der Waals surface area contributed by atoms with E-state index in [1.807, 2.05) is 6.07 Å². The van der Waals surface area contributed by atoms with Crippen molar-refractivity contribution in [2.24, 2.45) is 11.1 Å². The van der Waals surface area contributed by atoms with Gasteiger partial charge in [0.15, 0.2) is 0 Å². The second kappa shape index (κ2) is 5.04. The van der Waals surface area contributed by atoms with Crippen LogP contribution in [0.25, 0.3) is 0 Å². The van der Waals surface area contributed by atoms with E-state index < -0.39 is 0 Å². The highest BCUT2D eigenvalue weighted by atomic mass is 16.5. The molecule has 2 rings (SSSR count). The number of rotatable bonds is 2. The number of fused-ring (bicyclic) bond motifs is 1. The summed E-state index contributed by atoms with van der Waals surface area (Å²) in [6, 6.07) is 6.37. The summed E-state index contributed by atoms with van der Waals surface area (Å²) < 4.78 is 5.65. The van der Waals surface area contributed by atoms with Crippen molar-refractivity contribution in [2.45, 2.75) is 39.7 Å². The molecular formula is C16H21NO. The van der Waals surface area contributed by atoms with Crippen molar-refractivity contribution in [3.8, 4) is 17.6 Å². The van der Waals surface area contributed by atoms with Crippen molar-refractivity contribution in [3.05, 3.63) is 29.3 Å². The molecule has 0 heterocycles. The smallest absolute Gasteiger partial charge is 0.149 e. The minimum Gasteiger partial charge on any atom is -0.481 e. The number of benzene rings is 1. The Morgan fingerprint density at radius 1 is 1.39 bits per heavy atom. The van der Waals surface area contributed by atoms with E-state index in [4.69, 9.17) is 10.5 Å². The summed E-state index contributed by atoms with van der Waals surface area (Å²) in [5.41, 5.74) is 8.63. The molecule has 18 heavy (non-hydrogen) atoms. The van der Waals surface area contributed by atoms with Gasteiger partial charge in [-0.1, -0.05) is 17.9 Å². The Morgan fingerprint density at radius 2 is 2.17 bits per heavy atom. The first-order chi connectivity index (χ1) is 8.46. The van der Waals surface area contributed by atoms with Crippen LogP contribution >= 0.6 is 0 Å². The molecule has 2 heteroatoms. The lowest BCUT2D eigenvalue weighted by molar-refractivity contribution is 0.369. The monoisotopic (exact) mass is 243 g/mol. The molecule has 1 aliphatic rings. The lowest BCUT2D eigenvalue weighted by Gasteiger charge is -2.08. The van der Waals surface area contributed by atoms with Crippen molar-refractivity contribution in [2.75, 3.05) is 6.61 Å². The Labute approximate surface area is 110 Å². The SMILES string of the molecule is CC(C)(C)C#CCOc1ccc2c(c1)CC[C@@H]2N. The molecule has 1 aromatic rings. The highest BCUT2D eigenvalue weighted by Crippen LogP contribution is 2.31. The highest BCUT2D eigenvalue weighted by Gasteiger charge is 2.18. The Balaban J connectivity index is 1.97. The molecule has 0 saturated carbocycles. The molecule has 0 bridgehead atoms. The first kappa shape index (κ1) is 13.0. The third-order valence-electron chi connectivity index (χ3n) is 3.01. The second-order valence-electron chi connectivity index (χ2n) is 5.85. The lowest BCUT2D eigenvalue weighted by atomic mass is 9.98. The standard InChI is InChI=1S/C16H21NO/c1-16(2,3)9-4-10-18-13-6-7-14-12(11-13)5-8-15(14)17/h6-7,11,15H,5,8,10,17H2,1-3H3/t15-/m0/s1. The van der Waals surface area contributed by atoms with Crippen LogP contribution in [0.1, 0.15) is 44.4 Å². The maximum absolute atomic E-state index is 6.00. The van der Waals surface area contributed by atoms with Crippen molar-refractivity contribution >= 4 is 0 Å². The second-order valence-corrected chi connectivity index (χ2v) is 5.85. The molecule has 1 aliphatic carbocycles. The fourth-order valence-corrected chi connectivity index (χ4v) is 2.14. The van der Waals surface area contributed by atoms with E-state index in [1.54, 1.807) is 0 Å². The Morgan fingerprint density at radius 3 is 2.89 bits per heavy atom. The summed E-state index contributed by atoms with van der Waals surface area (Å²) in [4.78, 5) is 0. The van der Waals surface area contributed by atoms with Gasteiger partial charge in [0.1, 0.15) is 12.4 Å². The topological polar surface area (TPSA) is 35.2 Å². The van der Waals surface area contributed by atoms with Gasteiger partial charge in [0.05, 0.1) is 0 Å². The number of hydrogen-bond acceptors (Lipinski definition) is 2. The van der Waals surface area contributed by atoms with Crippen LogP contribution in [0.2, 0.25) is 0 Å². The molecule has 0 radical (unpaired) electrons. The average Bonchev–Trinajstić information content (AvgIpc) is 2.65. The molecule has 0 aromatic heterocycles. The van der Waals surface area contributed by atoms with E-state index >= 15 is 0 Å². The van der Waals surface area contributed by atoms with Crippen LogP contribution in [0.4, 0.5) is 0 Å². The molecule has 1 atom stereocenters. The maximum atomic E-state index is 6.00. The average molecular weight is 243 g/mol. The van der Waals surface area contributed by atoms with Crippen LogP contribution < -0.4 is 10.5 Å². The Kier molecular flexibility index (Phi) is 3.63. The molecular weight excluding hydrogens is 222 g/mol. The zero-order valence-corrected chi connectivity index (χ0v) is 11.4. The zero-order chi connectivity index (χ0) is 13.2. The van der Waals surface area contributed by atoms with Gasteiger partial charge in [0.25, 0.3) is 0 Å². The van der Waals surface area contributed by atoms with Crippen LogP contribution in [0.3, 0.4) is 0 Å². The van der Waals surface area contributed by atoms with Gasteiger partial charge in [-0.05, 0) is 56.9 Å². The molecule has 0 amide bonds. The number of nitrogens with two attached hydrogens (primary N) is 1. The molecule has 0 aliphatic heterocycles. The molecule has 2 N–H and O–H groups in total. The van der Waals surface area contributed by atoms with Crippen LogP contribution in [0.15, 0.2) is 18.2 Å². The molecule has 0 saturated heterocycles. The van der Waals surface area contributed by atoms with Crippen LogP contribution in [-0.2, 0) is 6.42 Å². The summed E-state index contributed by atoms with van der Waals surface area (Å²) >= 11 is 0. The Bertz CT molecular complexity index is 488. The Hall–Kier alpha value is -1.46. The highest BCUT2D eigenvalue weighted by molar-refractivity contribution is 5.40. The summed E-state index contributed by atoms with van der Waals surface area (Å²) in [5.74, 6) is 7.10. The van der Waals surface area contributed by atoms with E-state index in [0.29, 0.717) is 6.61 Å². The van der Waals surface area contributed by atoms with Gasteiger partial charge in [0, 0.05) is 11.5 Å². The quantitative estimate of drug-likeness (QED) is 0.810. The normalized spacial score (nSPS) is 17.9. The molecule has 2 nitrogen and oxygen atoms in total. The number of ether oxygens (including phenoxy) is 1. The van der Waals surface area contributed by atoms with Crippen molar-refractivity contribution in [1.82, 2.24) is 0 Å². The van der Waals surface area contributed by atoms with Gasteiger partial charge in [-0.2, -0.15) is 0 Å². The van der Waals surface area contributed by atoms with Crippen LogP contribution in [0.5, 0.6) is 5.75 Å². The van der Waals surface area contributed by atoms with E-state index in [9.17, 15) is 0 Å². The fraction of sp³-hybridized carbons (Fsp3) is 0.500. The largest absolute Gasteiger partial charge is 0.481 e. The summed E-state index contributed by atoms with van der Waals surface area (Å²) in [6.07, 6.45) is 2.10. The van der Waals surface area contributed by atoms with Crippen LogP contribution in [-0.4, -0.2) is 6.61 Å². The lowest BCUT2D eigenvalue weighted by Crippen LogP contribution is -2.05. The van der Waals surface area contributed by atoms with Gasteiger partial charge in [-0.25, -0.2) is 0 Å². The molecule has 0 fully saturated rings. The van der Waals surface area contributed by atoms with Crippen molar-refractivity contribution in [3.63, 3.8) is 0 Å². The minimum absolute atomic E-state index is 0.0358. The predicted octanol–water partition coefficient (Wildman–Crippen LogP) is 3.06. The molecule has 0 spiro atoms. The molecule has 0 unspecified atom stereocenters. The van der Waals surface area contributed by atoms with Gasteiger partial charge < -0.3 is 10.5 Å². The number of hydrogen-bond donors (Lipinski definition) is 1. The minimum atomic E-state index is 0.0358. The molecule has 96 valence electrons. The van der Waals surface area contributed by atoms with Crippen LogP contribution in [0, 0.1) is 17.3 Å². The van der Waals surface area contributed by atoms with Gasteiger partial charge in [-0.3, -0.25) is 0 Å². The van der Waals surface area contributed by atoms with E-state index in [1.165, 1.54) is 11.1 Å². The van der Waals surface area contributed by atoms with Gasteiger partial charge in [-0.15, -0.1) is 0 Å². The first-order valence-corrected chi connectivity index (χ1v) is 6.47. The van der Waals surface area contributed by atoms with Gasteiger partial charge in [0.2, 0.25) is 0 Å².